The molecule has 0 radical (unpaired) electrons. The summed E-state index contributed by atoms with van der Waals surface area (Å²) in [6.07, 6.45) is 2.36. The molecule has 31 heavy (non-hydrogen) atoms. The molecule has 9 heteroatoms. The van der Waals surface area contributed by atoms with Crippen LogP contribution in [0.15, 0.2) is 58.0 Å². The first kappa shape index (κ1) is 23.0. The van der Waals surface area contributed by atoms with Crippen molar-refractivity contribution >= 4 is 21.8 Å². The third-order valence-corrected chi connectivity index (χ3v) is 7.38. The van der Waals surface area contributed by atoms with Crippen LogP contribution in [0.5, 0.6) is 0 Å². The largest absolute Gasteiger partial charge is 0.467 e. The van der Waals surface area contributed by atoms with Crippen LogP contribution in [0.2, 0.25) is 0 Å². The number of carbonyl (C=O) groups excluding carboxylic acids is 2. The molecule has 1 atom stereocenters. The van der Waals surface area contributed by atoms with Crippen LogP contribution in [0.25, 0.3) is 0 Å². The Morgan fingerprint density at radius 2 is 1.77 bits per heavy atom. The van der Waals surface area contributed by atoms with Gasteiger partial charge in [0.2, 0.25) is 21.8 Å². The molecule has 1 saturated heterocycles. The van der Waals surface area contributed by atoms with Crippen molar-refractivity contribution in [3.8, 4) is 0 Å². The van der Waals surface area contributed by atoms with Gasteiger partial charge in [0.05, 0.1) is 17.7 Å². The second kappa shape index (κ2) is 10.1. The van der Waals surface area contributed by atoms with Crippen LogP contribution < -0.4 is 10.6 Å². The number of carbonyl (C=O) groups is 2. The molecule has 0 aliphatic carbocycles. The maximum absolute atomic E-state index is 12.8. The summed E-state index contributed by atoms with van der Waals surface area (Å²) in [4.78, 5) is 25.6. The molecule has 8 nitrogen and oxygen atoms in total. The van der Waals surface area contributed by atoms with Gasteiger partial charge in [0.15, 0.2) is 0 Å². The van der Waals surface area contributed by atoms with E-state index in [-0.39, 0.29) is 48.2 Å². The quantitative estimate of drug-likeness (QED) is 0.644. The monoisotopic (exact) mass is 447 g/mol. The van der Waals surface area contributed by atoms with E-state index in [2.05, 4.69) is 10.6 Å². The van der Waals surface area contributed by atoms with Crippen LogP contribution >= 0.6 is 0 Å². The molecule has 0 unspecified atom stereocenters. The topological polar surface area (TPSA) is 109 Å². The Kier molecular flexibility index (Phi) is 7.50. The number of hydrogen-bond donors (Lipinski definition) is 2. The van der Waals surface area contributed by atoms with E-state index in [4.69, 9.17) is 4.42 Å². The molecule has 1 aromatic heterocycles. The van der Waals surface area contributed by atoms with Crippen molar-refractivity contribution in [1.82, 2.24) is 14.9 Å². The predicted molar refractivity (Wildman–Crippen MR) is 115 cm³/mol. The summed E-state index contributed by atoms with van der Waals surface area (Å²) in [7, 11) is -3.56. The van der Waals surface area contributed by atoms with Crippen LogP contribution in [-0.4, -0.2) is 43.7 Å². The third-order valence-electron chi connectivity index (χ3n) is 5.47. The van der Waals surface area contributed by atoms with Crippen molar-refractivity contribution in [3.63, 3.8) is 0 Å². The second-order valence-corrected chi connectivity index (χ2v) is 9.96. The number of hydrogen-bond acceptors (Lipinski definition) is 5. The van der Waals surface area contributed by atoms with Gasteiger partial charge in [-0.3, -0.25) is 9.59 Å². The van der Waals surface area contributed by atoms with Gasteiger partial charge in [-0.25, -0.2) is 8.42 Å². The number of piperidine rings is 1. The van der Waals surface area contributed by atoms with E-state index in [1.807, 2.05) is 13.8 Å². The Morgan fingerprint density at radius 1 is 1.10 bits per heavy atom. The first-order chi connectivity index (χ1) is 14.8. The molecule has 2 N–H and O–H groups in total. The number of amides is 2. The summed E-state index contributed by atoms with van der Waals surface area (Å²) in [6.45, 7) is 4.53. The highest BCUT2D eigenvalue weighted by atomic mass is 32.2. The molecule has 1 aromatic carbocycles. The Morgan fingerprint density at radius 3 is 2.35 bits per heavy atom. The van der Waals surface area contributed by atoms with Crippen LogP contribution in [0.1, 0.15) is 32.4 Å². The number of rotatable bonds is 8. The summed E-state index contributed by atoms with van der Waals surface area (Å²) >= 11 is 0. The van der Waals surface area contributed by atoms with Gasteiger partial charge in [-0.2, -0.15) is 4.31 Å². The van der Waals surface area contributed by atoms with E-state index in [1.54, 1.807) is 42.5 Å². The smallest absolute Gasteiger partial charge is 0.243 e. The molecule has 1 aliphatic rings. The van der Waals surface area contributed by atoms with E-state index in [0.717, 1.165) is 0 Å². The van der Waals surface area contributed by atoms with Crippen LogP contribution in [0.3, 0.4) is 0 Å². The summed E-state index contributed by atoms with van der Waals surface area (Å²) < 4.78 is 32.1. The zero-order chi connectivity index (χ0) is 22.4. The SMILES string of the molecule is CC(C)[C@@H](NC(=O)C1CCN(S(=O)(=O)c2ccccc2)CC1)C(=O)NCc1ccco1. The molecule has 2 heterocycles. The van der Waals surface area contributed by atoms with E-state index in [1.165, 1.54) is 10.6 Å². The highest BCUT2D eigenvalue weighted by Crippen LogP contribution is 2.24. The molecule has 168 valence electrons. The molecule has 0 saturated carbocycles. The van der Waals surface area contributed by atoms with E-state index in [0.29, 0.717) is 18.6 Å². The molecule has 1 aliphatic heterocycles. The Balaban J connectivity index is 1.54. The molecular formula is C22H29N3O5S. The maximum Gasteiger partial charge on any atom is 0.243 e. The van der Waals surface area contributed by atoms with Gasteiger partial charge in [-0.15, -0.1) is 0 Å². The number of furan rings is 1. The van der Waals surface area contributed by atoms with Gasteiger partial charge < -0.3 is 15.1 Å². The van der Waals surface area contributed by atoms with E-state index < -0.39 is 16.1 Å². The zero-order valence-corrected chi connectivity index (χ0v) is 18.6. The lowest BCUT2D eigenvalue weighted by molar-refractivity contribution is -0.132. The summed E-state index contributed by atoms with van der Waals surface area (Å²) in [5.41, 5.74) is 0. The van der Waals surface area contributed by atoms with Gasteiger partial charge in [-0.05, 0) is 43.0 Å². The van der Waals surface area contributed by atoms with Crippen molar-refractivity contribution in [3.05, 3.63) is 54.5 Å². The average molecular weight is 448 g/mol. The lowest BCUT2D eigenvalue weighted by Crippen LogP contribution is -2.52. The minimum Gasteiger partial charge on any atom is -0.467 e. The number of sulfonamides is 1. The fourth-order valence-corrected chi connectivity index (χ4v) is 5.09. The van der Waals surface area contributed by atoms with Gasteiger partial charge in [0, 0.05) is 19.0 Å². The highest BCUT2D eigenvalue weighted by Gasteiger charge is 2.34. The normalized spacial score (nSPS) is 16.7. The van der Waals surface area contributed by atoms with Crippen LogP contribution in [0.4, 0.5) is 0 Å². The maximum atomic E-state index is 12.8. The van der Waals surface area contributed by atoms with E-state index >= 15 is 0 Å². The van der Waals surface area contributed by atoms with Crippen molar-refractivity contribution in [2.75, 3.05) is 13.1 Å². The van der Waals surface area contributed by atoms with Crippen LogP contribution in [-0.2, 0) is 26.2 Å². The second-order valence-electron chi connectivity index (χ2n) is 8.02. The standard InChI is InChI=1S/C22H29N3O5S/c1-16(2)20(22(27)23-15-18-7-6-14-30-18)24-21(26)17-10-12-25(13-11-17)31(28,29)19-8-4-3-5-9-19/h3-9,14,16-17,20H,10-13,15H2,1-2H3,(H,23,27)(H,24,26)/t20-/m1/s1. The van der Waals surface area contributed by atoms with Crippen molar-refractivity contribution in [1.29, 1.82) is 0 Å². The fourth-order valence-electron chi connectivity index (χ4n) is 3.60. The number of benzene rings is 1. The fraction of sp³-hybridized carbons (Fsp3) is 0.455. The summed E-state index contributed by atoms with van der Waals surface area (Å²) in [5.74, 6) is -0.290. The minimum atomic E-state index is -3.56. The molecular weight excluding hydrogens is 418 g/mol. The lowest BCUT2D eigenvalue weighted by atomic mass is 9.95. The number of nitrogens with one attached hydrogen (secondary N) is 2. The van der Waals surface area contributed by atoms with Crippen LogP contribution in [0, 0.1) is 11.8 Å². The summed E-state index contributed by atoms with van der Waals surface area (Å²) in [5, 5.41) is 5.64. The van der Waals surface area contributed by atoms with Crippen molar-refractivity contribution in [2.24, 2.45) is 11.8 Å². The highest BCUT2D eigenvalue weighted by molar-refractivity contribution is 7.89. The van der Waals surface area contributed by atoms with Gasteiger partial charge in [-0.1, -0.05) is 32.0 Å². The predicted octanol–water partition coefficient (Wildman–Crippen LogP) is 2.14. The lowest BCUT2D eigenvalue weighted by Gasteiger charge is -2.32. The molecule has 3 rings (SSSR count). The molecule has 0 spiro atoms. The van der Waals surface area contributed by atoms with Crippen molar-refractivity contribution in [2.45, 2.75) is 44.2 Å². The Hall–Kier alpha value is -2.65. The Labute approximate surface area is 183 Å². The van der Waals surface area contributed by atoms with E-state index in [9.17, 15) is 18.0 Å². The number of nitrogens with zero attached hydrogens (tertiary/aromatic N) is 1. The minimum absolute atomic E-state index is 0.0981. The third kappa shape index (κ3) is 5.74. The van der Waals surface area contributed by atoms with Gasteiger partial charge in [0.1, 0.15) is 11.8 Å². The molecule has 2 amide bonds. The molecule has 2 aromatic rings. The average Bonchev–Trinajstić information content (AvgIpc) is 3.30. The molecule has 0 bridgehead atoms. The Bertz CT molecular complexity index is 966. The first-order valence-corrected chi connectivity index (χ1v) is 11.9. The van der Waals surface area contributed by atoms with Gasteiger partial charge in [0.25, 0.3) is 0 Å². The summed E-state index contributed by atoms with van der Waals surface area (Å²) in [6, 6.07) is 11.1. The van der Waals surface area contributed by atoms with Gasteiger partial charge >= 0.3 is 0 Å². The molecule has 1 fully saturated rings. The first-order valence-electron chi connectivity index (χ1n) is 10.4. The van der Waals surface area contributed by atoms with Crippen molar-refractivity contribution < 1.29 is 22.4 Å². The zero-order valence-electron chi connectivity index (χ0n) is 17.8.